The molecule has 0 spiro atoms. The largest absolute Gasteiger partial charge is 0.394 e. The Bertz CT molecular complexity index is 1850. The van der Waals surface area contributed by atoms with Crippen molar-refractivity contribution in [3.63, 3.8) is 0 Å². The Morgan fingerprint density at radius 1 is 0.373 bits per heavy atom. The highest BCUT2D eigenvalue weighted by Crippen LogP contribution is 2.36. The third-order valence-corrected chi connectivity index (χ3v) is 13.6. The summed E-state index contributed by atoms with van der Waals surface area (Å²) in [6, 6.07) is -4.94. The first-order chi connectivity index (χ1) is 35.4. The summed E-state index contributed by atoms with van der Waals surface area (Å²) in [7, 11) is 0. The summed E-state index contributed by atoms with van der Waals surface area (Å²) in [5.41, 5.74) is 0. The van der Waals surface area contributed by atoms with E-state index in [2.05, 4.69) is 16.0 Å². The number of rotatable bonds is 18. The second-order valence-corrected chi connectivity index (χ2v) is 19.0. The molecule has 6 saturated heterocycles. The number of hydrogen-bond acceptors (Lipinski definition) is 30. The number of nitrogens with one attached hydrogen (secondary N) is 3. The van der Waals surface area contributed by atoms with Gasteiger partial charge in [-0.3, -0.25) is 14.4 Å². The van der Waals surface area contributed by atoms with E-state index in [9.17, 15) is 96.1 Å². The molecule has 0 bridgehead atoms. The third-order valence-electron chi connectivity index (χ3n) is 13.6. The summed E-state index contributed by atoms with van der Waals surface area (Å²) in [5, 5.41) is 179. The number of carbonyl (C=O) groups excluding carboxylic acids is 3. The lowest BCUT2D eigenvalue weighted by Crippen LogP contribution is -2.71. The Balaban J connectivity index is 1.22. The summed E-state index contributed by atoms with van der Waals surface area (Å²) < 4.78 is 64.0. The van der Waals surface area contributed by atoms with Crippen molar-refractivity contribution in [3.05, 3.63) is 0 Å². The highest BCUT2D eigenvalue weighted by Gasteiger charge is 2.57. The molecule has 6 aliphatic rings. The van der Waals surface area contributed by atoms with Gasteiger partial charge in [0.05, 0.1) is 39.1 Å². The molecule has 75 heavy (non-hydrogen) atoms. The summed E-state index contributed by atoms with van der Waals surface area (Å²) in [6.45, 7) is -0.191. The van der Waals surface area contributed by atoms with Crippen LogP contribution in [-0.4, -0.2) is 317 Å². The first kappa shape index (κ1) is 61.5. The van der Waals surface area contributed by atoms with Gasteiger partial charge in [-0.25, -0.2) is 0 Å². The first-order valence-electron chi connectivity index (χ1n) is 23.9. The molecular weight excluding hydrogens is 1030 g/mol. The van der Waals surface area contributed by atoms with Crippen LogP contribution in [0.2, 0.25) is 0 Å². The number of aliphatic hydroxyl groups is 16. The van der Waals surface area contributed by atoms with Gasteiger partial charge < -0.3 is 150 Å². The van der Waals surface area contributed by atoms with E-state index >= 15 is 0 Å². The van der Waals surface area contributed by atoms with Gasteiger partial charge in [-0.15, -0.1) is 0 Å². The number of amides is 3. The van der Waals surface area contributed by atoms with Crippen LogP contribution in [0.4, 0.5) is 0 Å². The topological polar surface area (TPSA) is 513 Å². The summed E-state index contributed by atoms with van der Waals surface area (Å²) in [4.78, 5) is 37.1. The fourth-order valence-electron chi connectivity index (χ4n) is 9.54. The van der Waals surface area contributed by atoms with E-state index in [1.165, 1.54) is 6.92 Å². The molecule has 6 aliphatic heterocycles. The predicted octanol–water partition coefficient (Wildman–Crippen LogP) is -12.6. The van der Waals surface area contributed by atoms with Crippen LogP contribution in [0.1, 0.15) is 27.7 Å². The van der Waals surface area contributed by atoms with Gasteiger partial charge in [-0.1, -0.05) is 0 Å². The molecule has 33 heteroatoms. The molecule has 434 valence electrons. The Labute approximate surface area is 426 Å². The Morgan fingerprint density at radius 2 is 0.773 bits per heavy atom. The van der Waals surface area contributed by atoms with E-state index in [4.69, 9.17) is 52.1 Å². The zero-order chi connectivity index (χ0) is 55.5. The highest BCUT2D eigenvalue weighted by molar-refractivity contribution is 5.74. The van der Waals surface area contributed by atoms with Crippen molar-refractivity contribution in [2.45, 2.75) is 212 Å². The van der Waals surface area contributed by atoms with Crippen molar-refractivity contribution in [1.82, 2.24) is 16.0 Å². The van der Waals surface area contributed by atoms with Gasteiger partial charge in [0.1, 0.15) is 140 Å². The fraction of sp³-hybridized carbons (Fsp3) is 0.929. The van der Waals surface area contributed by atoms with Crippen LogP contribution in [0.3, 0.4) is 0 Å². The molecule has 33 nitrogen and oxygen atoms in total. The van der Waals surface area contributed by atoms with Crippen molar-refractivity contribution in [1.29, 1.82) is 0 Å². The van der Waals surface area contributed by atoms with E-state index in [1.54, 1.807) is 0 Å². The second-order valence-electron chi connectivity index (χ2n) is 19.0. The average Bonchev–Trinajstić information content (AvgIpc) is 3.36. The van der Waals surface area contributed by atoms with Gasteiger partial charge >= 0.3 is 0 Å². The Hall–Kier alpha value is -2.67. The molecule has 19 N–H and O–H groups in total. The first-order valence-corrected chi connectivity index (χ1v) is 23.9. The zero-order valence-electron chi connectivity index (χ0n) is 40.7. The standard InChI is InChI=1S/C42H71N3O30/c1-10-22(53)28(59)31(62)40(66-10)74-35-21(45-13(4)52)37(64)67-17(8-49)34(35)73-39-20(44-12(3)51)27(58)33(16(7-48)70-39)72-41-32(63)29(60)25(56)18(71-41)9-65-42-36(30(61)24(55)15(6-47)69-42)75-38-19(43-11(2)50)26(57)23(54)14(5-46)68-38/h10,14-42,46-49,53-64H,5-9H2,1-4H3,(H,43,50)(H,44,51)(H,45,52)/t10-,14+,15+,16+,17+,18+,19+,20+,21+,22+,23+,24+,25+,26+,27+,28+,29-,30-,31-,32-,33+,34+,35+,36-,37+,38-,39-,40-,41+,42-/m0/s1. The maximum atomic E-state index is 12.7. The van der Waals surface area contributed by atoms with Crippen LogP contribution < -0.4 is 16.0 Å². The van der Waals surface area contributed by atoms with Crippen molar-refractivity contribution in [2.75, 3.05) is 33.0 Å². The van der Waals surface area contributed by atoms with Crippen molar-refractivity contribution < 1.29 is 148 Å². The molecule has 0 aromatic rings. The number of aliphatic hydroxyl groups excluding tert-OH is 16. The minimum absolute atomic E-state index is 0.741. The third kappa shape index (κ3) is 13.7. The molecule has 6 heterocycles. The lowest BCUT2D eigenvalue weighted by atomic mass is 9.93. The van der Waals surface area contributed by atoms with Gasteiger partial charge in [-0.2, -0.15) is 0 Å². The summed E-state index contributed by atoms with van der Waals surface area (Å²) in [5.74, 6) is -2.34. The van der Waals surface area contributed by atoms with Crippen LogP contribution in [0.15, 0.2) is 0 Å². The lowest BCUT2D eigenvalue weighted by Gasteiger charge is -2.51. The molecule has 6 rings (SSSR count). The van der Waals surface area contributed by atoms with Gasteiger partial charge in [0.25, 0.3) is 0 Å². The Kier molecular flexibility index (Phi) is 21.8. The van der Waals surface area contributed by atoms with Crippen molar-refractivity contribution in [2.24, 2.45) is 0 Å². The van der Waals surface area contributed by atoms with Crippen LogP contribution in [0.25, 0.3) is 0 Å². The number of ether oxygens (including phenoxy) is 11. The molecular formula is C42H71N3O30. The number of carbonyl (C=O) groups is 3. The van der Waals surface area contributed by atoms with Gasteiger partial charge in [0, 0.05) is 20.8 Å². The minimum atomic E-state index is -2.16. The smallest absolute Gasteiger partial charge is 0.217 e. The predicted molar refractivity (Wildman–Crippen MR) is 233 cm³/mol. The molecule has 0 aromatic heterocycles. The summed E-state index contributed by atoms with van der Waals surface area (Å²) in [6.07, 6.45) is -49.2. The molecule has 0 aliphatic carbocycles. The van der Waals surface area contributed by atoms with Crippen LogP contribution in [-0.2, 0) is 66.5 Å². The molecule has 6 fully saturated rings. The normalized spacial score (nSPS) is 48.6. The van der Waals surface area contributed by atoms with E-state index in [0.29, 0.717) is 0 Å². The van der Waals surface area contributed by atoms with E-state index < -0.39 is 235 Å². The molecule has 3 amide bonds. The molecule has 0 unspecified atom stereocenters. The highest BCUT2D eigenvalue weighted by atomic mass is 16.8. The Morgan fingerprint density at radius 3 is 1.32 bits per heavy atom. The van der Waals surface area contributed by atoms with Crippen LogP contribution in [0, 0.1) is 0 Å². The molecule has 0 saturated carbocycles. The van der Waals surface area contributed by atoms with E-state index in [1.807, 2.05) is 0 Å². The van der Waals surface area contributed by atoms with E-state index in [-0.39, 0.29) is 0 Å². The van der Waals surface area contributed by atoms with Crippen LogP contribution in [0.5, 0.6) is 0 Å². The quantitative estimate of drug-likeness (QED) is 0.0606. The van der Waals surface area contributed by atoms with Gasteiger partial charge in [-0.05, 0) is 6.92 Å². The molecule has 0 radical (unpaired) electrons. The second kappa shape index (κ2) is 26.5. The van der Waals surface area contributed by atoms with Crippen molar-refractivity contribution >= 4 is 17.7 Å². The SMILES string of the molecule is CC(=O)N[C@@H]1[C@@H](O[C@@H]2O[C@@H](C)[C@@H](O)[C@@H](O)[C@@H]2O)[C@H](O[C@@H]2O[C@H](CO)[C@@H](O[C@H]3O[C@H](CO[C@H]4O[C@H](CO)[C@@H](O)[C@H](O)[C@@H]4O[C@@H]4O[C@H](CO)[C@@H](O)[C@H](O)[C@H]4NC(C)=O)[C@@H](O)[C@H](O)[C@@H]3O)[C@H](O)[C@H]2NC(C)=O)[C@@H](CO)O[C@H]1O. The maximum absolute atomic E-state index is 12.7. The molecule has 30 atom stereocenters. The minimum Gasteiger partial charge on any atom is -0.394 e. The fourth-order valence-corrected chi connectivity index (χ4v) is 9.54. The number of hydrogen-bond donors (Lipinski definition) is 19. The van der Waals surface area contributed by atoms with Gasteiger partial charge in [0.15, 0.2) is 37.7 Å². The zero-order valence-corrected chi connectivity index (χ0v) is 40.7. The molecule has 0 aromatic carbocycles. The average molecular weight is 1100 g/mol. The van der Waals surface area contributed by atoms with E-state index in [0.717, 1.165) is 20.8 Å². The maximum Gasteiger partial charge on any atom is 0.217 e. The van der Waals surface area contributed by atoms with Crippen molar-refractivity contribution in [3.8, 4) is 0 Å². The van der Waals surface area contributed by atoms with Gasteiger partial charge in [0.2, 0.25) is 17.7 Å². The van der Waals surface area contributed by atoms with Crippen LogP contribution >= 0.6 is 0 Å². The monoisotopic (exact) mass is 1100 g/mol. The lowest BCUT2D eigenvalue weighted by molar-refractivity contribution is -0.378. The summed E-state index contributed by atoms with van der Waals surface area (Å²) >= 11 is 0.